The number of benzene rings is 2. The van der Waals surface area contributed by atoms with Crippen LogP contribution in [0.5, 0.6) is 11.5 Å². The molecule has 0 saturated carbocycles. The van der Waals surface area contributed by atoms with Gasteiger partial charge in [0.05, 0.1) is 7.11 Å². The number of carbonyl (C=O) groups is 3. The first kappa shape index (κ1) is 26.5. The van der Waals surface area contributed by atoms with Crippen molar-refractivity contribution in [1.29, 1.82) is 0 Å². The van der Waals surface area contributed by atoms with E-state index in [4.69, 9.17) is 9.47 Å². The average Bonchev–Trinajstić information content (AvgIpc) is 2.75. The summed E-state index contributed by atoms with van der Waals surface area (Å²) in [5, 5.41) is 15.0. The molecule has 0 aliphatic carbocycles. The van der Waals surface area contributed by atoms with Gasteiger partial charge in [0.2, 0.25) is 5.91 Å². The van der Waals surface area contributed by atoms with E-state index in [1.807, 2.05) is 0 Å². The number of rotatable bonds is 8. The van der Waals surface area contributed by atoms with E-state index in [-0.39, 0.29) is 18.3 Å². The Morgan fingerprint density at radius 3 is 2.09 bits per heavy atom. The number of hydrogen-bond donors (Lipinski definition) is 3. The van der Waals surface area contributed by atoms with E-state index in [0.717, 1.165) is 0 Å². The van der Waals surface area contributed by atoms with Crippen LogP contribution in [0, 0.1) is 0 Å². The second-order valence-corrected chi connectivity index (χ2v) is 8.96. The summed E-state index contributed by atoms with van der Waals surface area (Å²) in [6.07, 6.45) is -0.728. The summed E-state index contributed by atoms with van der Waals surface area (Å²) in [4.78, 5) is 40.0. The van der Waals surface area contributed by atoms with E-state index in [2.05, 4.69) is 10.6 Å². The van der Waals surface area contributed by atoms with E-state index in [1.54, 1.807) is 78.1 Å². The lowest BCUT2D eigenvalue weighted by atomic mass is 10.0. The van der Waals surface area contributed by atoms with Crippen molar-refractivity contribution in [3.63, 3.8) is 0 Å². The van der Waals surface area contributed by atoms with Gasteiger partial charge < -0.3 is 30.1 Å². The molecule has 9 heteroatoms. The maximum absolute atomic E-state index is 13.4. The minimum Gasteiger partial charge on any atom is -0.508 e. The molecule has 0 heterocycles. The molecule has 1 atom stereocenters. The maximum Gasteiger partial charge on any atom is 0.408 e. The van der Waals surface area contributed by atoms with Crippen molar-refractivity contribution >= 4 is 23.6 Å². The van der Waals surface area contributed by atoms with Gasteiger partial charge in [-0.1, -0.05) is 12.1 Å². The number of phenols is 1. The first-order valence-electron chi connectivity index (χ1n) is 10.9. The fourth-order valence-electron chi connectivity index (χ4n) is 3.26. The van der Waals surface area contributed by atoms with Crippen LogP contribution in [0.15, 0.2) is 48.5 Å². The van der Waals surface area contributed by atoms with Crippen molar-refractivity contribution < 1.29 is 29.0 Å². The molecule has 0 aliphatic rings. The number of carbonyl (C=O) groups excluding carboxylic acids is 3. The Morgan fingerprint density at radius 2 is 1.59 bits per heavy atom. The molecule has 34 heavy (non-hydrogen) atoms. The molecular formula is C25H33N3O6. The molecular weight excluding hydrogens is 438 g/mol. The fourth-order valence-corrected chi connectivity index (χ4v) is 3.26. The third-order valence-corrected chi connectivity index (χ3v) is 4.72. The van der Waals surface area contributed by atoms with Crippen LogP contribution in [0.4, 0.5) is 10.5 Å². The largest absolute Gasteiger partial charge is 0.508 e. The fraction of sp³-hybridized carbons (Fsp3) is 0.400. The molecule has 184 valence electrons. The highest BCUT2D eigenvalue weighted by atomic mass is 16.6. The molecule has 0 fully saturated rings. The van der Waals surface area contributed by atoms with Gasteiger partial charge in [-0.05, 0) is 76.6 Å². The summed E-state index contributed by atoms with van der Waals surface area (Å²) < 4.78 is 10.3. The van der Waals surface area contributed by atoms with Gasteiger partial charge in [-0.3, -0.25) is 9.59 Å². The van der Waals surface area contributed by atoms with Crippen molar-refractivity contribution in [2.75, 3.05) is 19.0 Å². The number of amides is 3. The molecule has 2 aromatic carbocycles. The van der Waals surface area contributed by atoms with Crippen LogP contribution in [0.2, 0.25) is 0 Å². The number of anilines is 1. The standard InChI is InChI=1S/C25H33N3O6/c1-16(2)28(21(30)15-26-24(32)34-25(3,4)5)22(17-7-11-19(29)12-8-17)23(31)27-18-9-13-20(33-6)14-10-18/h7-14,16,22,29H,15H2,1-6H3,(H,26,32)(H,27,31). The van der Waals surface area contributed by atoms with E-state index in [9.17, 15) is 19.5 Å². The molecule has 0 aromatic heterocycles. The normalized spacial score (nSPS) is 12.0. The van der Waals surface area contributed by atoms with Crippen LogP contribution in [0.1, 0.15) is 46.2 Å². The second kappa shape index (κ2) is 11.4. The highest BCUT2D eigenvalue weighted by Gasteiger charge is 2.33. The number of ether oxygens (including phenoxy) is 2. The zero-order valence-corrected chi connectivity index (χ0v) is 20.4. The topological polar surface area (TPSA) is 117 Å². The molecule has 0 aliphatic heterocycles. The number of alkyl carbamates (subject to hydrolysis) is 1. The van der Waals surface area contributed by atoms with Crippen molar-refractivity contribution in [2.45, 2.75) is 52.3 Å². The zero-order chi connectivity index (χ0) is 25.5. The van der Waals surface area contributed by atoms with Crippen LogP contribution in [0.25, 0.3) is 0 Å². The minimum atomic E-state index is -1.02. The van der Waals surface area contributed by atoms with E-state index in [1.165, 1.54) is 17.0 Å². The first-order chi connectivity index (χ1) is 15.9. The van der Waals surface area contributed by atoms with E-state index < -0.39 is 29.6 Å². The molecule has 3 N–H and O–H groups in total. The van der Waals surface area contributed by atoms with E-state index in [0.29, 0.717) is 17.0 Å². The Bertz CT molecular complexity index is 981. The van der Waals surface area contributed by atoms with Gasteiger partial charge in [-0.25, -0.2) is 4.79 Å². The van der Waals surface area contributed by atoms with Crippen LogP contribution >= 0.6 is 0 Å². The van der Waals surface area contributed by atoms with Gasteiger partial charge >= 0.3 is 6.09 Å². The van der Waals surface area contributed by atoms with Gasteiger partial charge in [0, 0.05) is 11.7 Å². The predicted octanol–water partition coefficient (Wildman–Crippen LogP) is 3.84. The lowest BCUT2D eigenvalue weighted by Gasteiger charge is -2.34. The Morgan fingerprint density at radius 1 is 1.00 bits per heavy atom. The molecule has 0 radical (unpaired) electrons. The predicted molar refractivity (Wildman–Crippen MR) is 129 cm³/mol. The Hall–Kier alpha value is -3.75. The Labute approximate surface area is 200 Å². The molecule has 9 nitrogen and oxygen atoms in total. The third-order valence-electron chi connectivity index (χ3n) is 4.72. The van der Waals surface area contributed by atoms with Gasteiger partial charge in [0.15, 0.2) is 0 Å². The van der Waals surface area contributed by atoms with Gasteiger partial charge in [-0.2, -0.15) is 0 Å². The smallest absolute Gasteiger partial charge is 0.408 e. The molecule has 2 rings (SSSR count). The quantitative estimate of drug-likeness (QED) is 0.539. The molecule has 3 amide bonds. The Kier molecular flexibility index (Phi) is 8.89. The van der Waals surface area contributed by atoms with Crippen LogP contribution in [-0.4, -0.2) is 53.2 Å². The Balaban J connectivity index is 2.31. The summed E-state index contributed by atoms with van der Waals surface area (Å²) in [5.74, 6) is -0.244. The van der Waals surface area contributed by atoms with Crippen LogP contribution in [0.3, 0.4) is 0 Å². The average molecular weight is 472 g/mol. The lowest BCUT2D eigenvalue weighted by Crippen LogP contribution is -2.49. The minimum absolute atomic E-state index is 0.0343. The third kappa shape index (κ3) is 7.68. The molecule has 0 bridgehead atoms. The molecule has 2 aromatic rings. The first-order valence-corrected chi connectivity index (χ1v) is 10.9. The lowest BCUT2D eigenvalue weighted by molar-refractivity contribution is -0.140. The van der Waals surface area contributed by atoms with E-state index >= 15 is 0 Å². The van der Waals surface area contributed by atoms with Crippen molar-refractivity contribution in [3.8, 4) is 11.5 Å². The van der Waals surface area contributed by atoms with Crippen LogP contribution in [-0.2, 0) is 14.3 Å². The summed E-state index contributed by atoms with van der Waals surface area (Å²) >= 11 is 0. The SMILES string of the molecule is COc1ccc(NC(=O)C(c2ccc(O)cc2)N(C(=O)CNC(=O)OC(C)(C)C)C(C)C)cc1. The summed E-state index contributed by atoms with van der Waals surface area (Å²) in [5.41, 5.74) is 0.318. The number of nitrogens with one attached hydrogen (secondary N) is 2. The van der Waals surface area contributed by atoms with Crippen molar-refractivity contribution in [2.24, 2.45) is 0 Å². The number of nitrogens with zero attached hydrogens (tertiary/aromatic N) is 1. The number of hydrogen-bond acceptors (Lipinski definition) is 6. The van der Waals surface area contributed by atoms with Gasteiger partial charge in [-0.15, -0.1) is 0 Å². The molecule has 0 saturated heterocycles. The second-order valence-electron chi connectivity index (χ2n) is 8.96. The zero-order valence-electron chi connectivity index (χ0n) is 20.4. The van der Waals surface area contributed by atoms with Gasteiger partial charge in [0.25, 0.3) is 5.91 Å². The molecule has 1 unspecified atom stereocenters. The molecule has 0 spiro atoms. The highest BCUT2D eigenvalue weighted by molar-refractivity contribution is 5.98. The van der Waals surface area contributed by atoms with Crippen molar-refractivity contribution in [3.05, 3.63) is 54.1 Å². The highest BCUT2D eigenvalue weighted by Crippen LogP contribution is 2.27. The maximum atomic E-state index is 13.4. The number of aromatic hydroxyl groups is 1. The summed E-state index contributed by atoms with van der Waals surface area (Å²) in [7, 11) is 1.55. The van der Waals surface area contributed by atoms with Crippen LogP contribution < -0.4 is 15.4 Å². The summed E-state index contributed by atoms with van der Waals surface area (Å²) in [6.45, 7) is 8.37. The van der Waals surface area contributed by atoms with Gasteiger partial charge in [0.1, 0.15) is 29.7 Å². The summed E-state index contributed by atoms with van der Waals surface area (Å²) in [6, 6.07) is 11.5. The number of phenolic OH excluding ortho intramolecular Hbond substituents is 1. The monoisotopic (exact) mass is 471 g/mol. The van der Waals surface area contributed by atoms with Crippen molar-refractivity contribution in [1.82, 2.24) is 10.2 Å². The number of methoxy groups -OCH3 is 1.